The summed E-state index contributed by atoms with van der Waals surface area (Å²) >= 11 is 0. The van der Waals surface area contributed by atoms with Gasteiger partial charge in [0.25, 0.3) is 0 Å². The van der Waals surface area contributed by atoms with E-state index in [0.717, 1.165) is 34.4 Å². The van der Waals surface area contributed by atoms with E-state index in [1.165, 1.54) is 0 Å². The Morgan fingerprint density at radius 1 is 0.933 bits per heavy atom. The van der Waals surface area contributed by atoms with E-state index in [9.17, 15) is 18.4 Å². The number of hydrogen-bond acceptors (Lipinski definition) is 3. The zero-order valence-electron chi connectivity index (χ0n) is 15.7. The van der Waals surface area contributed by atoms with Crippen molar-refractivity contribution in [2.24, 2.45) is 0 Å². The van der Waals surface area contributed by atoms with E-state index in [4.69, 9.17) is 9.84 Å². The molecule has 3 aromatic carbocycles. The Bertz CT molecular complexity index is 1080. The first-order valence-electron chi connectivity index (χ1n) is 9.25. The predicted molar refractivity (Wildman–Crippen MR) is 105 cm³/mol. The topological polar surface area (TPSA) is 75.6 Å². The SMILES string of the molecule is O=C(NCc1cc(F)c(C(=O)O)c(F)c1)OCC1c2ccccc2-c2ccccc21. The quantitative estimate of drug-likeness (QED) is 0.640. The maximum Gasteiger partial charge on any atom is 0.407 e. The molecule has 0 unspecified atom stereocenters. The van der Waals surface area contributed by atoms with Crippen molar-refractivity contribution >= 4 is 12.1 Å². The van der Waals surface area contributed by atoms with E-state index in [2.05, 4.69) is 5.32 Å². The summed E-state index contributed by atoms with van der Waals surface area (Å²) in [5, 5.41) is 11.2. The third-order valence-electron chi connectivity index (χ3n) is 5.10. The second kappa shape index (κ2) is 7.94. The monoisotopic (exact) mass is 409 g/mol. The standard InChI is InChI=1S/C23H17F2NO4/c24-19-9-13(10-20(25)21(19)22(27)28)11-26-23(29)30-12-18-16-7-3-1-5-14(16)15-6-2-4-8-17(15)18/h1-10,18H,11-12H2,(H,26,29)(H,27,28). The summed E-state index contributed by atoms with van der Waals surface area (Å²) in [6, 6.07) is 17.6. The molecule has 0 aromatic heterocycles. The molecule has 1 aliphatic carbocycles. The number of amides is 1. The molecule has 2 N–H and O–H groups in total. The Hall–Kier alpha value is -3.74. The highest BCUT2D eigenvalue weighted by Gasteiger charge is 2.29. The smallest absolute Gasteiger partial charge is 0.407 e. The van der Waals surface area contributed by atoms with Crippen molar-refractivity contribution in [3.05, 3.63) is 94.6 Å². The van der Waals surface area contributed by atoms with Crippen LogP contribution in [-0.4, -0.2) is 23.8 Å². The van der Waals surface area contributed by atoms with Crippen molar-refractivity contribution in [3.8, 4) is 11.1 Å². The molecule has 0 fully saturated rings. The number of carboxylic acid groups (broad SMARTS) is 1. The lowest BCUT2D eigenvalue weighted by atomic mass is 9.98. The number of alkyl carbamates (subject to hydrolysis) is 1. The molecule has 1 aliphatic rings. The molecule has 4 rings (SSSR count). The zero-order chi connectivity index (χ0) is 21.3. The number of carbonyl (C=O) groups excluding carboxylic acids is 1. The van der Waals surface area contributed by atoms with E-state index >= 15 is 0 Å². The molecular weight excluding hydrogens is 392 g/mol. The van der Waals surface area contributed by atoms with E-state index in [1.807, 2.05) is 48.5 Å². The maximum atomic E-state index is 13.8. The zero-order valence-corrected chi connectivity index (χ0v) is 15.7. The number of fused-ring (bicyclic) bond motifs is 3. The molecule has 0 radical (unpaired) electrons. The van der Waals surface area contributed by atoms with Gasteiger partial charge in [-0.3, -0.25) is 0 Å². The summed E-state index contributed by atoms with van der Waals surface area (Å²) in [6.07, 6.45) is -0.736. The van der Waals surface area contributed by atoms with Crippen molar-refractivity contribution in [1.29, 1.82) is 0 Å². The van der Waals surface area contributed by atoms with E-state index in [1.54, 1.807) is 0 Å². The lowest BCUT2D eigenvalue weighted by Crippen LogP contribution is -2.26. The average molecular weight is 409 g/mol. The van der Waals surface area contributed by atoms with Gasteiger partial charge in [-0.05, 0) is 39.9 Å². The van der Waals surface area contributed by atoms with Gasteiger partial charge in [0.05, 0.1) is 0 Å². The molecule has 0 heterocycles. The number of carboxylic acids is 1. The Morgan fingerprint density at radius 2 is 1.47 bits per heavy atom. The van der Waals surface area contributed by atoms with Crippen LogP contribution in [0.1, 0.15) is 33.0 Å². The molecule has 0 bridgehead atoms. The van der Waals surface area contributed by atoms with Gasteiger partial charge in [-0.15, -0.1) is 0 Å². The van der Waals surface area contributed by atoms with Gasteiger partial charge < -0.3 is 15.2 Å². The maximum absolute atomic E-state index is 13.8. The summed E-state index contributed by atoms with van der Waals surface area (Å²) in [7, 11) is 0. The minimum absolute atomic E-state index is 0.0866. The van der Waals surface area contributed by atoms with Crippen LogP contribution in [0.25, 0.3) is 11.1 Å². The minimum atomic E-state index is -1.69. The van der Waals surface area contributed by atoms with Crippen LogP contribution in [0, 0.1) is 11.6 Å². The molecule has 0 saturated heterocycles. The number of aromatic carboxylic acids is 1. The fourth-order valence-electron chi connectivity index (χ4n) is 3.76. The van der Waals surface area contributed by atoms with Crippen LogP contribution < -0.4 is 5.32 Å². The van der Waals surface area contributed by atoms with Crippen LogP contribution in [0.2, 0.25) is 0 Å². The summed E-state index contributed by atoms with van der Waals surface area (Å²) in [5.41, 5.74) is 3.40. The highest BCUT2D eigenvalue weighted by atomic mass is 19.1. The first kappa shape index (κ1) is 19.6. The molecular formula is C23H17F2NO4. The number of benzene rings is 3. The van der Waals surface area contributed by atoms with Crippen molar-refractivity contribution < 1.29 is 28.2 Å². The summed E-state index contributed by atoms with van der Waals surface area (Å²) < 4.78 is 32.9. The van der Waals surface area contributed by atoms with Crippen molar-refractivity contribution in [2.45, 2.75) is 12.5 Å². The van der Waals surface area contributed by atoms with Gasteiger partial charge in [-0.1, -0.05) is 48.5 Å². The molecule has 30 heavy (non-hydrogen) atoms. The molecule has 0 atom stereocenters. The van der Waals surface area contributed by atoms with E-state index in [0.29, 0.717) is 0 Å². The molecule has 152 valence electrons. The van der Waals surface area contributed by atoms with Gasteiger partial charge in [0.15, 0.2) is 0 Å². The number of hydrogen-bond donors (Lipinski definition) is 2. The fraction of sp³-hybridized carbons (Fsp3) is 0.130. The summed E-state index contributed by atoms with van der Waals surface area (Å²) in [5.74, 6) is -4.20. The Balaban J connectivity index is 1.41. The van der Waals surface area contributed by atoms with Crippen LogP contribution >= 0.6 is 0 Å². The van der Waals surface area contributed by atoms with Crippen LogP contribution in [0.15, 0.2) is 60.7 Å². The lowest BCUT2D eigenvalue weighted by Gasteiger charge is -2.14. The second-order valence-corrected chi connectivity index (χ2v) is 6.92. The largest absolute Gasteiger partial charge is 0.477 e. The third-order valence-corrected chi connectivity index (χ3v) is 5.10. The first-order chi connectivity index (χ1) is 14.5. The highest BCUT2D eigenvalue weighted by molar-refractivity contribution is 5.88. The van der Waals surface area contributed by atoms with Crippen molar-refractivity contribution in [2.75, 3.05) is 6.61 Å². The summed E-state index contributed by atoms with van der Waals surface area (Å²) in [4.78, 5) is 23.0. The minimum Gasteiger partial charge on any atom is -0.477 e. The second-order valence-electron chi connectivity index (χ2n) is 6.92. The van der Waals surface area contributed by atoms with Crippen LogP contribution in [-0.2, 0) is 11.3 Å². The average Bonchev–Trinajstić information content (AvgIpc) is 3.04. The molecule has 0 saturated carbocycles. The van der Waals surface area contributed by atoms with Crippen molar-refractivity contribution in [1.82, 2.24) is 5.32 Å². The first-order valence-corrected chi connectivity index (χ1v) is 9.25. The molecule has 3 aromatic rings. The number of nitrogens with one attached hydrogen (secondary N) is 1. The van der Waals surface area contributed by atoms with Gasteiger partial charge in [-0.25, -0.2) is 18.4 Å². The molecule has 1 amide bonds. The highest BCUT2D eigenvalue weighted by Crippen LogP contribution is 2.44. The van der Waals surface area contributed by atoms with Gasteiger partial charge in [0.2, 0.25) is 0 Å². The van der Waals surface area contributed by atoms with Gasteiger partial charge >= 0.3 is 12.1 Å². The van der Waals surface area contributed by atoms with Gasteiger partial charge in [0, 0.05) is 12.5 Å². The molecule has 0 spiro atoms. The van der Waals surface area contributed by atoms with Crippen LogP contribution in [0.4, 0.5) is 13.6 Å². The number of rotatable bonds is 5. The predicted octanol–water partition coefficient (Wildman–Crippen LogP) is 4.70. The van der Waals surface area contributed by atoms with Gasteiger partial charge in [0.1, 0.15) is 23.8 Å². The van der Waals surface area contributed by atoms with Crippen LogP contribution in [0.3, 0.4) is 0 Å². The fourth-order valence-corrected chi connectivity index (χ4v) is 3.76. The van der Waals surface area contributed by atoms with Crippen molar-refractivity contribution in [3.63, 3.8) is 0 Å². The molecule has 5 nitrogen and oxygen atoms in total. The third kappa shape index (κ3) is 3.61. The number of halogens is 2. The number of ether oxygens (including phenoxy) is 1. The Morgan fingerprint density at radius 3 is 2.00 bits per heavy atom. The van der Waals surface area contributed by atoms with Crippen LogP contribution in [0.5, 0.6) is 0 Å². The van der Waals surface area contributed by atoms with E-state index in [-0.39, 0.29) is 24.6 Å². The normalized spacial score (nSPS) is 12.2. The Kier molecular flexibility index (Phi) is 5.18. The summed E-state index contributed by atoms with van der Waals surface area (Å²) in [6.45, 7) is -0.0923. The molecule has 7 heteroatoms. The van der Waals surface area contributed by atoms with E-state index < -0.39 is 29.3 Å². The Labute approximate surface area is 170 Å². The molecule has 0 aliphatic heterocycles. The van der Waals surface area contributed by atoms with Gasteiger partial charge in [-0.2, -0.15) is 0 Å². The number of carbonyl (C=O) groups is 2. The lowest BCUT2D eigenvalue weighted by molar-refractivity contribution is 0.0686.